The molecular formula is C13H20N2O4S. The van der Waals surface area contributed by atoms with Gasteiger partial charge in [0.25, 0.3) is 0 Å². The second-order valence-electron chi connectivity index (χ2n) is 5.15. The highest BCUT2D eigenvalue weighted by atomic mass is 32.2. The predicted octanol–water partition coefficient (Wildman–Crippen LogP) is 0.813. The van der Waals surface area contributed by atoms with Crippen LogP contribution < -0.4 is 10.5 Å². The van der Waals surface area contributed by atoms with Crippen molar-refractivity contribution >= 4 is 15.7 Å². The van der Waals surface area contributed by atoms with E-state index in [-0.39, 0.29) is 23.7 Å². The maximum Gasteiger partial charge on any atom is 0.245 e. The number of nitrogens with two attached hydrogens (primary N) is 1. The molecule has 0 radical (unpaired) electrons. The number of anilines is 1. The van der Waals surface area contributed by atoms with E-state index in [2.05, 4.69) is 0 Å². The number of methoxy groups -OCH3 is 1. The van der Waals surface area contributed by atoms with Crippen LogP contribution in [-0.2, 0) is 10.0 Å². The van der Waals surface area contributed by atoms with E-state index < -0.39 is 15.6 Å². The Labute approximate surface area is 119 Å². The SMILES string of the molecule is CCCC1(O)CN(S(=O)(=O)c2ccc(OC)cc2N)C1. The normalized spacial score (nSPS) is 18.6. The Kier molecular flexibility index (Phi) is 3.95. The van der Waals surface area contributed by atoms with Crippen LogP contribution in [0, 0.1) is 0 Å². The first-order valence-electron chi connectivity index (χ1n) is 6.48. The highest BCUT2D eigenvalue weighted by Crippen LogP contribution is 2.34. The predicted molar refractivity (Wildman–Crippen MR) is 76.0 cm³/mol. The Hall–Kier alpha value is -1.31. The summed E-state index contributed by atoms with van der Waals surface area (Å²) in [5.41, 5.74) is 5.03. The van der Waals surface area contributed by atoms with Crippen molar-refractivity contribution in [1.29, 1.82) is 0 Å². The maximum absolute atomic E-state index is 12.4. The second kappa shape index (κ2) is 5.23. The summed E-state index contributed by atoms with van der Waals surface area (Å²) in [6.07, 6.45) is 1.41. The lowest BCUT2D eigenvalue weighted by Crippen LogP contribution is -2.63. The highest BCUT2D eigenvalue weighted by molar-refractivity contribution is 7.89. The average molecular weight is 300 g/mol. The van der Waals surface area contributed by atoms with E-state index in [9.17, 15) is 13.5 Å². The van der Waals surface area contributed by atoms with Crippen molar-refractivity contribution in [2.24, 2.45) is 0 Å². The van der Waals surface area contributed by atoms with Gasteiger partial charge >= 0.3 is 0 Å². The maximum atomic E-state index is 12.4. The molecule has 1 heterocycles. The minimum Gasteiger partial charge on any atom is -0.497 e. The summed E-state index contributed by atoms with van der Waals surface area (Å²) >= 11 is 0. The largest absolute Gasteiger partial charge is 0.497 e. The van der Waals surface area contributed by atoms with Gasteiger partial charge in [0, 0.05) is 19.2 Å². The lowest BCUT2D eigenvalue weighted by Gasteiger charge is -2.45. The number of hydrogen-bond donors (Lipinski definition) is 2. The van der Waals surface area contributed by atoms with Crippen molar-refractivity contribution in [1.82, 2.24) is 4.31 Å². The Morgan fingerprint density at radius 1 is 1.45 bits per heavy atom. The third kappa shape index (κ3) is 2.61. The molecule has 1 aromatic carbocycles. The molecule has 0 aliphatic carbocycles. The molecule has 0 unspecified atom stereocenters. The molecule has 1 fully saturated rings. The first kappa shape index (κ1) is 15.1. The van der Waals surface area contributed by atoms with Crippen LogP contribution >= 0.6 is 0 Å². The smallest absolute Gasteiger partial charge is 0.245 e. The van der Waals surface area contributed by atoms with E-state index in [0.717, 1.165) is 6.42 Å². The van der Waals surface area contributed by atoms with Gasteiger partial charge in [-0.3, -0.25) is 0 Å². The average Bonchev–Trinajstić information content (AvgIpc) is 2.35. The summed E-state index contributed by atoms with van der Waals surface area (Å²) in [5, 5.41) is 10.1. The van der Waals surface area contributed by atoms with Gasteiger partial charge in [-0.1, -0.05) is 13.3 Å². The van der Waals surface area contributed by atoms with Gasteiger partial charge in [-0.2, -0.15) is 4.31 Å². The number of nitrogen functional groups attached to an aromatic ring is 1. The van der Waals surface area contributed by atoms with Crippen molar-refractivity contribution in [3.8, 4) is 5.75 Å². The fourth-order valence-electron chi connectivity index (χ4n) is 2.43. The molecule has 3 N–H and O–H groups in total. The van der Waals surface area contributed by atoms with Crippen molar-refractivity contribution in [3.05, 3.63) is 18.2 Å². The number of ether oxygens (including phenoxy) is 1. The summed E-state index contributed by atoms with van der Waals surface area (Å²) in [6, 6.07) is 4.47. The van der Waals surface area contributed by atoms with Crippen LogP contribution in [0.3, 0.4) is 0 Å². The zero-order valence-electron chi connectivity index (χ0n) is 11.7. The topological polar surface area (TPSA) is 92.9 Å². The second-order valence-corrected chi connectivity index (χ2v) is 7.06. The molecule has 2 rings (SSSR count). The standard InChI is InChI=1S/C13H20N2O4S/c1-3-6-13(16)8-15(9-13)20(17,18)12-5-4-10(19-2)7-11(12)14/h4-5,7,16H,3,6,8-9,14H2,1-2H3. The number of β-amino-alcohol motifs (C(OH)–C–C–N with tert-alkyl or cyclic N) is 1. The Morgan fingerprint density at radius 2 is 2.10 bits per heavy atom. The summed E-state index contributed by atoms with van der Waals surface area (Å²) < 4.78 is 31.1. The number of aliphatic hydroxyl groups is 1. The molecule has 0 amide bonds. The van der Waals surface area contributed by atoms with Crippen molar-refractivity contribution in [2.75, 3.05) is 25.9 Å². The quantitative estimate of drug-likeness (QED) is 0.785. The highest BCUT2D eigenvalue weighted by Gasteiger charge is 2.46. The van der Waals surface area contributed by atoms with Crippen molar-refractivity contribution < 1.29 is 18.3 Å². The van der Waals surface area contributed by atoms with E-state index in [1.165, 1.54) is 23.5 Å². The third-order valence-corrected chi connectivity index (χ3v) is 5.36. The molecule has 1 aliphatic heterocycles. The van der Waals surface area contributed by atoms with Crippen LogP contribution in [0.2, 0.25) is 0 Å². The fraction of sp³-hybridized carbons (Fsp3) is 0.538. The Balaban J connectivity index is 2.21. The minimum atomic E-state index is -3.65. The van der Waals surface area contributed by atoms with Crippen LogP contribution in [0.25, 0.3) is 0 Å². The lowest BCUT2D eigenvalue weighted by atomic mass is 9.92. The molecule has 7 heteroatoms. The van der Waals surface area contributed by atoms with E-state index in [4.69, 9.17) is 10.5 Å². The first-order chi connectivity index (χ1) is 9.32. The summed E-state index contributed by atoms with van der Waals surface area (Å²) in [6.45, 7) is 2.19. The van der Waals surface area contributed by atoms with Crippen LogP contribution in [0.1, 0.15) is 19.8 Å². The Bertz CT molecular complexity index is 594. The van der Waals surface area contributed by atoms with E-state index in [1.807, 2.05) is 6.92 Å². The molecule has 1 aliphatic rings. The van der Waals surface area contributed by atoms with Crippen LogP contribution in [-0.4, -0.2) is 43.6 Å². The lowest BCUT2D eigenvalue weighted by molar-refractivity contribution is -0.0653. The van der Waals surface area contributed by atoms with Gasteiger partial charge in [0.2, 0.25) is 10.0 Å². The number of rotatable bonds is 5. The van der Waals surface area contributed by atoms with E-state index in [0.29, 0.717) is 12.2 Å². The zero-order valence-corrected chi connectivity index (χ0v) is 12.5. The summed E-state index contributed by atoms with van der Waals surface area (Å²) in [7, 11) is -2.17. The number of nitrogens with zero attached hydrogens (tertiary/aromatic N) is 1. The number of hydrogen-bond acceptors (Lipinski definition) is 5. The molecule has 0 spiro atoms. The van der Waals surface area contributed by atoms with Gasteiger partial charge < -0.3 is 15.6 Å². The monoisotopic (exact) mass is 300 g/mol. The van der Waals surface area contributed by atoms with Crippen molar-refractivity contribution in [2.45, 2.75) is 30.3 Å². The summed E-state index contributed by atoms with van der Waals surface area (Å²) in [4.78, 5) is 0.0526. The van der Waals surface area contributed by atoms with Gasteiger partial charge in [0.15, 0.2) is 0 Å². The molecule has 1 saturated heterocycles. The van der Waals surface area contributed by atoms with E-state index in [1.54, 1.807) is 6.07 Å². The molecular weight excluding hydrogens is 280 g/mol. The molecule has 0 saturated carbocycles. The number of sulfonamides is 1. The molecule has 112 valence electrons. The van der Waals surface area contributed by atoms with Crippen LogP contribution in [0.5, 0.6) is 5.75 Å². The van der Waals surface area contributed by atoms with Gasteiger partial charge in [-0.15, -0.1) is 0 Å². The van der Waals surface area contributed by atoms with Crippen LogP contribution in [0.4, 0.5) is 5.69 Å². The molecule has 0 atom stereocenters. The number of benzene rings is 1. The molecule has 20 heavy (non-hydrogen) atoms. The minimum absolute atomic E-state index is 0.0526. The first-order valence-corrected chi connectivity index (χ1v) is 7.92. The Morgan fingerprint density at radius 3 is 2.60 bits per heavy atom. The molecule has 0 aromatic heterocycles. The van der Waals surface area contributed by atoms with Gasteiger partial charge in [0.05, 0.1) is 18.4 Å². The molecule has 0 bridgehead atoms. The van der Waals surface area contributed by atoms with Gasteiger partial charge in [0.1, 0.15) is 10.6 Å². The van der Waals surface area contributed by atoms with Gasteiger partial charge in [-0.25, -0.2) is 8.42 Å². The molecule has 1 aromatic rings. The van der Waals surface area contributed by atoms with E-state index >= 15 is 0 Å². The third-order valence-electron chi connectivity index (χ3n) is 3.49. The summed E-state index contributed by atoms with van der Waals surface area (Å²) in [5.74, 6) is 0.507. The van der Waals surface area contributed by atoms with Crippen molar-refractivity contribution in [3.63, 3.8) is 0 Å². The molecule has 6 nitrogen and oxygen atoms in total. The van der Waals surface area contributed by atoms with Crippen LogP contribution in [0.15, 0.2) is 23.1 Å². The fourth-order valence-corrected chi connectivity index (χ4v) is 4.13. The zero-order chi connectivity index (χ0) is 15.0. The van der Waals surface area contributed by atoms with Gasteiger partial charge in [-0.05, 0) is 18.6 Å².